The van der Waals surface area contributed by atoms with Crippen molar-refractivity contribution in [3.8, 4) is 0 Å². The number of nitrogens with one attached hydrogen (secondary N) is 1. The molecule has 1 atom stereocenters. The summed E-state index contributed by atoms with van der Waals surface area (Å²) in [6.07, 6.45) is 2.93. The second-order valence-corrected chi connectivity index (χ2v) is 5.16. The van der Waals surface area contributed by atoms with Crippen molar-refractivity contribution in [2.24, 2.45) is 5.92 Å². The summed E-state index contributed by atoms with van der Waals surface area (Å²) < 4.78 is 0. The standard InChI is InChI=1S/C16H23NO3/c1-13(7-10-16(19)20)11-12-17-15(18)9-8-14-5-3-2-4-6-14/h2-6,13H,7-12H2,1H3,(H,17,18)(H,19,20). The summed E-state index contributed by atoms with van der Waals surface area (Å²) >= 11 is 0. The Labute approximate surface area is 120 Å². The summed E-state index contributed by atoms with van der Waals surface area (Å²) in [7, 11) is 0. The van der Waals surface area contributed by atoms with E-state index < -0.39 is 5.97 Å². The van der Waals surface area contributed by atoms with Gasteiger partial charge in [0.25, 0.3) is 0 Å². The molecule has 0 fully saturated rings. The lowest BCUT2D eigenvalue weighted by Gasteiger charge is -2.10. The maximum Gasteiger partial charge on any atom is 0.303 e. The van der Waals surface area contributed by atoms with E-state index >= 15 is 0 Å². The third kappa shape index (κ3) is 7.56. The van der Waals surface area contributed by atoms with E-state index in [9.17, 15) is 9.59 Å². The van der Waals surface area contributed by atoms with Crippen LogP contribution in [-0.4, -0.2) is 23.5 Å². The summed E-state index contributed by atoms with van der Waals surface area (Å²) in [6, 6.07) is 9.93. The van der Waals surface area contributed by atoms with Crippen molar-refractivity contribution in [2.75, 3.05) is 6.54 Å². The second-order valence-electron chi connectivity index (χ2n) is 5.16. The number of aryl methyl sites for hydroxylation is 1. The number of aliphatic carboxylic acids is 1. The van der Waals surface area contributed by atoms with Crippen molar-refractivity contribution in [3.05, 3.63) is 35.9 Å². The van der Waals surface area contributed by atoms with E-state index in [1.54, 1.807) is 0 Å². The number of hydrogen-bond acceptors (Lipinski definition) is 2. The first-order valence-corrected chi connectivity index (χ1v) is 7.10. The zero-order valence-electron chi connectivity index (χ0n) is 12.0. The minimum atomic E-state index is -0.760. The Hall–Kier alpha value is -1.84. The minimum absolute atomic E-state index is 0.0549. The predicted octanol–water partition coefficient (Wildman–Crippen LogP) is 2.63. The monoisotopic (exact) mass is 277 g/mol. The summed E-state index contributed by atoms with van der Waals surface area (Å²) in [5.41, 5.74) is 1.16. The van der Waals surface area contributed by atoms with Gasteiger partial charge in [0.15, 0.2) is 0 Å². The Morgan fingerprint density at radius 2 is 1.85 bits per heavy atom. The SMILES string of the molecule is CC(CCNC(=O)CCc1ccccc1)CCC(=O)O. The average Bonchev–Trinajstić information content (AvgIpc) is 2.44. The normalized spacial score (nSPS) is 11.8. The van der Waals surface area contributed by atoms with Crippen LogP contribution in [0.3, 0.4) is 0 Å². The molecule has 0 spiro atoms. The van der Waals surface area contributed by atoms with Crippen LogP contribution in [0.4, 0.5) is 0 Å². The molecule has 1 unspecified atom stereocenters. The van der Waals surface area contributed by atoms with E-state index in [1.165, 1.54) is 0 Å². The van der Waals surface area contributed by atoms with Crippen molar-refractivity contribution in [1.82, 2.24) is 5.32 Å². The van der Waals surface area contributed by atoms with Crippen LogP contribution in [0.25, 0.3) is 0 Å². The molecular formula is C16H23NO3. The molecule has 0 saturated carbocycles. The second kappa shape index (κ2) is 9.13. The van der Waals surface area contributed by atoms with E-state index in [2.05, 4.69) is 5.32 Å². The molecule has 20 heavy (non-hydrogen) atoms. The van der Waals surface area contributed by atoms with Crippen LogP contribution in [0.5, 0.6) is 0 Å². The number of carbonyl (C=O) groups is 2. The van der Waals surface area contributed by atoms with E-state index in [-0.39, 0.29) is 12.3 Å². The number of amides is 1. The number of carboxylic acids is 1. The van der Waals surface area contributed by atoms with Crippen molar-refractivity contribution in [1.29, 1.82) is 0 Å². The van der Waals surface area contributed by atoms with Gasteiger partial charge in [-0.3, -0.25) is 9.59 Å². The highest BCUT2D eigenvalue weighted by molar-refractivity contribution is 5.76. The zero-order valence-corrected chi connectivity index (χ0v) is 12.0. The van der Waals surface area contributed by atoms with Crippen LogP contribution in [-0.2, 0) is 16.0 Å². The zero-order chi connectivity index (χ0) is 14.8. The van der Waals surface area contributed by atoms with Gasteiger partial charge in [0, 0.05) is 19.4 Å². The first-order chi connectivity index (χ1) is 9.58. The van der Waals surface area contributed by atoms with Crippen LogP contribution >= 0.6 is 0 Å². The first kappa shape index (κ1) is 16.2. The fourth-order valence-electron chi connectivity index (χ4n) is 1.96. The Morgan fingerprint density at radius 3 is 2.50 bits per heavy atom. The molecule has 0 radical (unpaired) electrons. The molecule has 0 saturated heterocycles. The Balaban J connectivity index is 2.09. The number of benzene rings is 1. The third-order valence-electron chi connectivity index (χ3n) is 3.29. The fourth-order valence-corrected chi connectivity index (χ4v) is 1.96. The topological polar surface area (TPSA) is 66.4 Å². The van der Waals surface area contributed by atoms with Gasteiger partial charge < -0.3 is 10.4 Å². The molecule has 1 aromatic carbocycles. The van der Waals surface area contributed by atoms with Gasteiger partial charge in [0.2, 0.25) is 5.91 Å². The van der Waals surface area contributed by atoms with Gasteiger partial charge in [0.05, 0.1) is 0 Å². The van der Waals surface area contributed by atoms with Gasteiger partial charge in [0.1, 0.15) is 0 Å². The lowest BCUT2D eigenvalue weighted by molar-refractivity contribution is -0.137. The quantitative estimate of drug-likeness (QED) is 0.729. The van der Waals surface area contributed by atoms with Gasteiger partial charge >= 0.3 is 5.97 Å². The predicted molar refractivity (Wildman–Crippen MR) is 78.4 cm³/mol. The molecule has 110 valence electrons. The summed E-state index contributed by atoms with van der Waals surface area (Å²) in [5.74, 6) is -0.386. The van der Waals surface area contributed by atoms with Crippen molar-refractivity contribution in [2.45, 2.75) is 39.0 Å². The van der Waals surface area contributed by atoms with Crippen LogP contribution in [0.15, 0.2) is 30.3 Å². The summed E-state index contributed by atoms with van der Waals surface area (Å²) in [4.78, 5) is 22.1. The molecule has 2 N–H and O–H groups in total. The lowest BCUT2D eigenvalue weighted by Crippen LogP contribution is -2.25. The van der Waals surface area contributed by atoms with E-state index in [4.69, 9.17) is 5.11 Å². The molecule has 1 amide bonds. The van der Waals surface area contributed by atoms with Crippen LogP contribution in [0, 0.1) is 5.92 Å². The average molecular weight is 277 g/mol. The third-order valence-corrected chi connectivity index (χ3v) is 3.29. The molecular weight excluding hydrogens is 254 g/mol. The molecule has 0 aliphatic carbocycles. The number of carboxylic acid groups (broad SMARTS) is 1. The Bertz CT molecular complexity index is 417. The number of rotatable bonds is 9. The first-order valence-electron chi connectivity index (χ1n) is 7.10. The molecule has 1 rings (SSSR count). The number of hydrogen-bond donors (Lipinski definition) is 2. The van der Waals surface area contributed by atoms with Gasteiger partial charge in [-0.15, -0.1) is 0 Å². The highest BCUT2D eigenvalue weighted by atomic mass is 16.4. The Morgan fingerprint density at radius 1 is 1.15 bits per heavy atom. The summed E-state index contributed by atoms with van der Waals surface area (Å²) in [6.45, 7) is 2.63. The minimum Gasteiger partial charge on any atom is -0.481 e. The maximum absolute atomic E-state index is 11.7. The van der Waals surface area contributed by atoms with Gasteiger partial charge in [-0.2, -0.15) is 0 Å². The largest absolute Gasteiger partial charge is 0.481 e. The van der Waals surface area contributed by atoms with E-state index in [0.29, 0.717) is 25.3 Å². The highest BCUT2D eigenvalue weighted by Gasteiger charge is 2.07. The summed E-state index contributed by atoms with van der Waals surface area (Å²) in [5, 5.41) is 11.5. The van der Waals surface area contributed by atoms with Gasteiger partial charge in [-0.05, 0) is 30.7 Å². The maximum atomic E-state index is 11.7. The molecule has 0 aliphatic rings. The van der Waals surface area contributed by atoms with Crippen LogP contribution in [0.1, 0.15) is 38.2 Å². The smallest absolute Gasteiger partial charge is 0.303 e. The van der Waals surface area contributed by atoms with Gasteiger partial charge in [-0.1, -0.05) is 37.3 Å². The molecule has 4 nitrogen and oxygen atoms in total. The van der Waals surface area contributed by atoms with Crippen LogP contribution in [0.2, 0.25) is 0 Å². The molecule has 1 aromatic rings. The molecule has 0 bridgehead atoms. The van der Waals surface area contributed by atoms with E-state index in [0.717, 1.165) is 18.4 Å². The lowest BCUT2D eigenvalue weighted by atomic mass is 10.0. The molecule has 0 aromatic heterocycles. The fraction of sp³-hybridized carbons (Fsp3) is 0.500. The van der Waals surface area contributed by atoms with Crippen LogP contribution < -0.4 is 5.32 Å². The molecule has 0 heterocycles. The highest BCUT2D eigenvalue weighted by Crippen LogP contribution is 2.09. The van der Waals surface area contributed by atoms with Crippen molar-refractivity contribution in [3.63, 3.8) is 0 Å². The molecule has 4 heteroatoms. The van der Waals surface area contributed by atoms with Gasteiger partial charge in [-0.25, -0.2) is 0 Å². The van der Waals surface area contributed by atoms with Crippen molar-refractivity contribution >= 4 is 11.9 Å². The van der Waals surface area contributed by atoms with Crippen molar-refractivity contribution < 1.29 is 14.7 Å². The Kier molecular flexibility index (Phi) is 7.40. The molecule has 0 aliphatic heterocycles. The number of carbonyl (C=O) groups excluding carboxylic acids is 1. The van der Waals surface area contributed by atoms with E-state index in [1.807, 2.05) is 37.3 Å².